The van der Waals surface area contributed by atoms with E-state index < -0.39 is 0 Å². The van der Waals surface area contributed by atoms with E-state index in [1.54, 1.807) is 0 Å². The van der Waals surface area contributed by atoms with E-state index in [0.29, 0.717) is 0 Å². The fraction of sp³-hybridized carbons (Fsp3) is 0.333. The smallest absolute Gasteiger partial charge is 0.254 e. The van der Waals surface area contributed by atoms with Gasteiger partial charge in [-0.15, -0.1) is 0 Å². The third kappa shape index (κ3) is 3.59. The molecule has 1 aromatic heterocycles. The maximum absolute atomic E-state index is 13.4. The van der Waals surface area contributed by atoms with Gasteiger partial charge in [-0.3, -0.25) is 4.79 Å². The van der Waals surface area contributed by atoms with Crippen LogP contribution < -0.4 is 0 Å². The molecule has 0 N–H and O–H groups in total. The van der Waals surface area contributed by atoms with Crippen LogP contribution in [0.2, 0.25) is 0 Å². The van der Waals surface area contributed by atoms with Crippen molar-refractivity contribution in [1.82, 2.24) is 9.88 Å². The zero-order valence-corrected chi connectivity index (χ0v) is 16.2. The maximum atomic E-state index is 13.4. The third-order valence-electron chi connectivity index (χ3n) is 5.64. The van der Waals surface area contributed by atoms with Crippen molar-refractivity contribution < 1.29 is 4.79 Å². The number of nitrogens with zero attached hydrogens (tertiary/aromatic N) is 2. The second-order valence-electron chi connectivity index (χ2n) is 7.58. The third-order valence-corrected chi connectivity index (χ3v) is 5.64. The summed E-state index contributed by atoms with van der Waals surface area (Å²) in [7, 11) is 0. The lowest BCUT2D eigenvalue weighted by Gasteiger charge is -2.21. The van der Waals surface area contributed by atoms with Crippen LogP contribution in [0.5, 0.6) is 0 Å². The molecule has 2 heterocycles. The van der Waals surface area contributed by atoms with Crippen molar-refractivity contribution in [3.05, 3.63) is 65.2 Å². The van der Waals surface area contributed by atoms with E-state index in [1.165, 1.54) is 24.0 Å². The van der Waals surface area contributed by atoms with E-state index in [1.807, 2.05) is 35.2 Å². The molecule has 27 heavy (non-hydrogen) atoms. The van der Waals surface area contributed by atoms with Crippen LogP contribution in [0.3, 0.4) is 0 Å². The van der Waals surface area contributed by atoms with Gasteiger partial charge >= 0.3 is 0 Å². The maximum Gasteiger partial charge on any atom is 0.254 e. The van der Waals surface area contributed by atoms with E-state index in [-0.39, 0.29) is 5.91 Å². The van der Waals surface area contributed by atoms with Gasteiger partial charge in [0, 0.05) is 24.0 Å². The molecule has 1 saturated heterocycles. The van der Waals surface area contributed by atoms with Crippen LogP contribution in [0.25, 0.3) is 22.2 Å². The van der Waals surface area contributed by atoms with Crippen LogP contribution >= 0.6 is 0 Å². The predicted molar refractivity (Wildman–Crippen MR) is 111 cm³/mol. The summed E-state index contributed by atoms with van der Waals surface area (Å²) in [6, 6.07) is 16.3. The molecular weight excluding hydrogens is 332 g/mol. The SMILES string of the molecule is Cc1ccc(-c2cc(C(=O)N3CCCCCC3)c3ccccc3n2)cc1C. The lowest BCUT2D eigenvalue weighted by molar-refractivity contribution is 0.0763. The van der Waals surface area contributed by atoms with Gasteiger partial charge in [-0.1, -0.05) is 43.2 Å². The van der Waals surface area contributed by atoms with Gasteiger partial charge in [0.05, 0.1) is 16.8 Å². The summed E-state index contributed by atoms with van der Waals surface area (Å²) in [6.45, 7) is 5.94. The van der Waals surface area contributed by atoms with E-state index in [0.717, 1.165) is 53.7 Å². The summed E-state index contributed by atoms with van der Waals surface area (Å²) in [4.78, 5) is 20.2. The Morgan fingerprint density at radius 1 is 0.889 bits per heavy atom. The van der Waals surface area contributed by atoms with Gasteiger partial charge < -0.3 is 4.90 Å². The van der Waals surface area contributed by atoms with Gasteiger partial charge in [-0.05, 0) is 56.0 Å². The minimum atomic E-state index is 0.139. The van der Waals surface area contributed by atoms with Gasteiger partial charge in [-0.2, -0.15) is 0 Å². The number of carbonyl (C=O) groups excluding carboxylic acids is 1. The Balaban J connectivity index is 1.83. The molecule has 1 fully saturated rings. The van der Waals surface area contributed by atoms with Crippen molar-refractivity contribution in [3.63, 3.8) is 0 Å². The highest BCUT2D eigenvalue weighted by Gasteiger charge is 2.21. The number of likely N-dealkylation sites (tertiary alicyclic amines) is 1. The number of aromatic nitrogens is 1. The normalized spacial score (nSPS) is 15.0. The fourth-order valence-electron chi connectivity index (χ4n) is 3.85. The lowest BCUT2D eigenvalue weighted by Crippen LogP contribution is -2.32. The topological polar surface area (TPSA) is 33.2 Å². The molecule has 3 nitrogen and oxygen atoms in total. The summed E-state index contributed by atoms with van der Waals surface area (Å²) in [5, 5.41) is 0.944. The van der Waals surface area contributed by atoms with Crippen LogP contribution in [-0.2, 0) is 0 Å². The van der Waals surface area contributed by atoms with E-state index in [4.69, 9.17) is 4.98 Å². The number of carbonyl (C=O) groups is 1. The molecule has 2 aromatic carbocycles. The minimum absolute atomic E-state index is 0.139. The van der Waals surface area contributed by atoms with Gasteiger partial charge in [-0.25, -0.2) is 4.98 Å². The van der Waals surface area contributed by atoms with Crippen molar-refractivity contribution >= 4 is 16.8 Å². The summed E-state index contributed by atoms with van der Waals surface area (Å²) in [5.41, 5.74) is 6.09. The molecule has 3 heteroatoms. The number of hydrogen-bond donors (Lipinski definition) is 0. The average molecular weight is 358 g/mol. The van der Waals surface area contributed by atoms with Crippen molar-refractivity contribution in [2.75, 3.05) is 13.1 Å². The molecule has 0 bridgehead atoms. The molecule has 0 unspecified atom stereocenters. The molecule has 1 aliphatic rings. The summed E-state index contributed by atoms with van der Waals surface area (Å²) in [5.74, 6) is 0.139. The second kappa shape index (κ2) is 7.51. The predicted octanol–water partition coefficient (Wildman–Crippen LogP) is 5.53. The molecule has 3 aromatic rings. The number of aryl methyl sites for hydroxylation is 2. The van der Waals surface area contributed by atoms with Crippen LogP contribution in [0.1, 0.15) is 47.2 Å². The fourth-order valence-corrected chi connectivity index (χ4v) is 3.85. The Labute approximate surface area is 161 Å². The molecular formula is C24H26N2O. The molecule has 1 aliphatic heterocycles. The monoisotopic (exact) mass is 358 g/mol. The number of hydrogen-bond acceptors (Lipinski definition) is 2. The van der Waals surface area contributed by atoms with Crippen molar-refractivity contribution in [3.8, 4) is 11.3 Å². The largest absolute Gasteiger partial charge is 0.339 e. The molecule has 4 rings (SSSR count). The number of amides is 1. The number of pyridine rings is 1. The summed E-state index contributed by atoms with van der Waals surface area (Å²) < 4.78 is 0. The molecule has 0 radical (unpaired) electrons. The van der Waals surface area contributed by atoms with E-state index in [2.05, 4.69) is 32.0 Å². The zero-order chi connectivity index (χ0) is 18.8. The Kier molecular flexibility index (Phi) is 4.93. The molecule has 0 spiro atoms. The molecule has 138 valence electrons. The van der Waals surface area contributed by atoms with Gasteiger partial charge in [0.1, 0.15) is 0 Å². The Bertz CT molecular complexity index is 985. The number of fused-ring (bicyclic) bond motifs is 1. The van der Waals surface area contributed by atoms with Crippen molar-refractivity contribution in [1.29, 1.82) is 0 Å². The zero-order valence-electron chi connectivity index (χ0n) is 16.2. The second-order valence-corrected chi connectivity index (χ2v) is 7.58. The molecule has 0 aliphatic carbocycles. The molecule has 1 amide bonds. The minimum Gasteiger partial charge on any atom is -0.339 e. The highest BCUT2D eigenvalue weighted by molar-refractivity contribution is 6.07. The Morgan fingerprint density at radius 3 is 2.37 bits per heavy atom. The first-order valence-electron chi connectivity index (χ1n) is 9.90. The van der Waals surface area contributed by atoms with E-state index in [9.17, 15) is 4.79 Å². The Morgan fingerprint density at radius 2 is 1.63 bits per heavy atom. The van der Waals surface area contributed by atoms with Crippen LogP contribution in [-0.4, -0.2) is 28.9 Å². The van der Waals surface area contributed by atoms with Crippen LogP contribution in [0, 0.1) is 13.8 Å². The van der Waals surface area contributed by atoms with Gasteiger partial charge in [0.25, 0.3) is 5.91 Å². The summed E-state index contributed by atoms with van der Waals surface area (Å²) in [6.07, 6.45) is 4.63. The standard InChI is InChI=1S/C24H26N2O/c1-17-11-12-19(15-18(17)2)23-16-21(20-9-5-6-10-22(20)25-23)24(27)26-13-7-3-4-8-14-26/h5-6,9-12,15-16H,3-4,7-8,13-14H2,1-2H3. The van der Waals surface area contributed by atoms with Gasteiger partial charge in [0.15, 0.2) is 0 Å². The van der Waals surface area contributed by atoms with Gasteiger partial charge in [0.2, 0.25) is 0 Å². The molecule has 0 saturated carbocycles. The first kappa shape index (κ1) is 17.7. The lowest BCUT2D eigenvalue weighted by atomic mass is 10.0. The highest BCUT2D eigenvalue weighted by atomic mass is 16.2. The quantitative estimate of drug-likeness (QED) is 0.603. The highest BCUT2D eigenvalue weighted by Crippen LogP contribution is 2.27. The number of benzene rings is 2. The van der Waals surface area contributed by atoms with Crippen molar-refractivity contribution in [2.45, 2.75) is 39.5 Å². The first-order valence-corrected chi connectivity index (χ1v) is 9.90. The number of rotatable bonds is 2. The first-order chi connectivity index (χ1) is 13.1. The number of para-hydroxylation sites is 1. The molecule has 0 atom stereocenters. The Hall–Kier alpha value is -2.68. The van der Waals surface area contributed by atoms with Crippen molar-refractivity contribution in [2.24, 2.45) is 0 Å². The van der Waals surface area contributed by atoms with E-state index >= 15 is 0 Å². The van der Waals surface area contributed by atoms with Crippen LogP contribution in [0.4, 0.5) is 0 Å². The average Bonchev–Trinajstić information content (AvgIpc) is 2.98. The summed E-state index contributed by atoms with van der Waals surface area (Å²) >= 11 is 0. The van der Waals surface area contributed by atoms with Crippen LogP contribution in [0.15, 0.2) is 48.5 Å².